The Kier molecular flexibility index (Phi) is 35.0. The van der Waals surface area contributed by atoms with Gasteiger partial charge in [-0.1, -0.05) is 387 Å². The molecular weight excluding hydrogens is 1790 g/mol. The molecule has 15 heteroatoms. The molecule has 18 rings (SSSR count). The third-order valence-electron chi connectivity index (χ3n) is 19.0. The summed E-state index contributed by atoms with van der Waals surface area (Å²) in [5.74, 6) is -1.43. The zero-order valence-electron chi connectivity index (χ0n) is 66.7. The van der Waals surface area contributed by atoms with Crippen LogP contribution in [0, 0.1) is 11.6 Å². The van der Waals surface area contributed by atoms with E-state index in [0.717, 1.165) is 116 Å². The van der Waals surface area contributed by atoms with Crippen LogP contribution >= 0.6 is 82.6 Å². The van der Waals surface area contributed by atoms with Crippen LogP contribution in [0.3, 0.4) is 0 Å². The Morgan fingerprint density at radius 1 is 0.234 bits per heavy atom. The molecule has 0 aromatic heterocycles. The molecular formula is C109H89Br3Cl3F2N7. The van der Waals surface area contributed by atoms with Crippen LogP contribution < -0.4 is 37.2 Å². The molecule has 0 saturated carbocycles. The number of rotatable bonds is 17. The first-order chi connectivity index (χ1) is 59.7. The fraction of sp³-hybridized carbons (Fsp3) is 0.00917. The fourth-order valence-corrected chi connectivity index (χ4v) is 16.2. The predicted molar refractivity (Wildman–Crippen MR) is 538 cm³/mol. The molecule has 0 aliphatic heterocycles. The molecule has 0 spiro atoms. The first kappa shape index (κ1) is 91.6. The molecule has 7 nitrogen and oxygen atoms in total. The lowest BCUT2D eigenvalue weighted by Crippen LogP contribution is -2.14. The molecule has 0 unspecified atom stereocenters. The molecule has 7 N–H and O–H groups in total. The zero-order chi connectivity index (χ0) is 84.6. The normalized spacial score (nSPS) is 10.2. The summed E-state index contributed by atoms with van der Waals surface area (Å²) in [5, 5.41) is 8.95. The van der Waals surface area contributed by atoms with Gasteiger partial charge in [-0.3, -0.25) is 0 Å². The van der Waals surface area contributed by atoms with Gasteiger partial charge >= 0.3 is 0 Å². The van der Waals surface area contributed by atoms with Gasteiger partial charge in [0.15, 0.2) is 0 Å². The van der Waals surface area contributed by atoms with Crippen molar-refractivity contribution in [3.05, 3.63) is 513 Å². The lowest BCUT2D eigenvalue weighted by molar-refractivity contribution is 0.592. The van der Waals surface area contributed by atoms with E-state index in [2.05, 4.69) is 358 Å². The summed E-state index contributed by atoms with van der Waals surface area (Å²) in [6, 6.07) is 159. The van der Waals surface area contributed by atoms with Gasteiger partial charge in [0.2, 0.25) is 0 Å². The van der Waals surface area contributed by atoms with Crippen LogP contribution in [-0.2, 0) is 0 Å². The number of nitrogens with zero attached hydrogens (tertiary/aromatic N) is 3. The minimum Gasteiger partial charge on any atom is -0.394 e. The highest BCUT2D eigenvalue weighted by atomic mass is 79.9. The van der Waals surface area contributed by atoms with Gasteiger partial charge in [-0.05, 0) is 209 Å². The number of benzene rings is 18. The summed E-state index contributed by atoms with van der Waals surface area (Å²) in [6.07, 6.45) is 0. The molecule has 0 fully saturated rings. The second-order valence-electron chi connectivity index (χ2n) is 27.5. The molecule has 0 atom stereocenters. The topological polar surface area (TPSA) is 94.8 Å². The summed E-state index contributed by atoms with van der Waals surface area (Å²) in [6.45, 7) is 0. The van der Waals surface area contributed by atoms with Gasteiger partial charge in [0.05, 0.1) is 5.69 Å². The van der Waals surface area contributed by atoms with Crippen LogP contribution in [-0.4, -0.2) is 0 Å². The summed E-state index contributed by atoms with van der Waals surface area (Å²) in [7, 11) is 0. The van der Waals surface area contributed by atoms with E-state index in [0.29, 0.717) is 10.0 Å². The molecule has 616 valence electrons. The smallest absolute Gasteiger partial charge is 0.149 e. The number of hydrogen-bond donors (Lipinski definition) is 4. The number of anilines is 14. The van der Waals surface area contributed by atoms with Crippen molar-refractivity contribution < 1.29 is 8.78 Å². The average molecular weight is 1880 g/mol. The van der Waals surface area contributed by atoms with Gasteiger partial charge in [-0.15, -0.1) is 0 Å². The lowest BCUT2D eigenvalue weighted by atomic mass is 10.0. The van der Waals surface area contributed by atoms with E-state index in [4.69, 9.17) is 40.5 Å². The van der Waals surface area contributed by atoms with E-state index in [1.165, 1.54) is 39.4 Å². The Hall–Kier alpha value is -13.1. The highest BCUT2D eigenvalue weighted by Crippen LogP contribution is 2.46. The lowest BCUT2D eigenvalue weighted by Gasteiger charge is -2.31. The van der Waals surface area contributed by atoms with Gasteiger partial charge in [0, 0.05) is 108 Å². The molecule has 0 radical (unpaired) electrons. The van der Waals surface area contributed by atoms with Crippen molar-refractivity contribution in [1.82, 2.24) is 6.15 Å². The van der Waals surface area contributed by atoms with Crippen LogP contribution in [0.25, 0.3) is 44.5 Å². The summed E-state index contributed by atoms with van der Waals surface area (Å²) in [4.78, 5) is 6.73. The molecule has 0 bridgehead atoms. The van der Waals surface area contributed by atoms with Gasteiger partial charge in [0.25, 0.3) is 0 Å². The van der Waals surface area contributed by atoms with Crippen LogP contribution in [0.1, 0.15) is 7.43 Å². The standard InChI is InChI=1S/C42H31ClN2.C24H19N.C18H13BrClN.C12H11N.C6H3Br2Cl.C6H5F2N.CH4.H3N/c43-35-29-39(44(36-19-9-3-10-20-36)37-21-11-4-12-22-37)31-40(30-35)45(38-27-25-33(26-28-38)32-15-5-1-6-16-32)42-24-14-13-23-41(42)34-17-7-2-8-18-34;1-3-9-19(10-4-1)20-15-17-22(18-16-20)25-24-14-8-7-13-23(24)21-11-5-2-6-12-21;19-14-11-15(20)13-18(12-14)21(16-7-3-1-4-8-16)17-9-5-2-6-10-17;1-3-7-11(8-4-1)13-12-9-5-2-6-10-12;7-4-1-5(8)3-6(9)2-4;7-4-2-1-3-5(8)6(4)9;;/h1-31H;1-18,25H;1-13H;1-10,13H;1-3H;1-3H,9H2;1H4;1H3. The molecule has 18 aromatic rings. The maximum absolute atomic E-state index is 12.2. The van der Waals surface area contributed by atoms with Crippen LogP contribution in [0.2, 0.25) is 15.1 Å². The third-order valence-corrected chi connectivity index (χ3v) is 21.0. The SMILES string of the molecule is C.Clc1cc(Br)cc(Br)c1.Clc1cc(Br)cc(N(c2ccccc2)c2ccccc2)c1.Clc1cc(N(c2ccccc2)c2ccccc2)cc(N(c2ccc(-c3ccccc3)cc2)c2ccccc2-c2ccccc2)c1.N.Nc1c(F)cccc1F.c1ccc(-c2ccc(Nc3ccccc3-c3ccccc3)cc2)cc1.c1ccc(Nc2ccccc2)cc1. The van der Waals surface area contributed by atoms with Gasteiger partial charge in [-0.2, -0.15) is 0 Å². The second-order valence-corrected chi connectivity index (χ2v) is 31.6. The van der Waals surface area contributed by atoms with Crippen molar-refractivity contribution in [1.29, 1.82) is 0 Å². The number of nitrogens with one attached hydrogen (secondary N) is 2. The highest BCUT2D eigenvalue weighted by Gasteiger charge is 2.22. The third kappa shape index (κ3) is 26.5. The van der Waals surface area contributed by atoms with E-state index in [1.54, 1.807) is 0 Å². The van der Waals surface area contributed by atoms with Crippen LogP contribution in [0.5, 0.6) is 0 Å². The van der Waals surface area contributed by atoms with Crippen molar-refractivity contribution in [3.8, 4) is 44.5 Å². The van der Waals surface area contributed by atoms with E-state index in [1.807, 2.05) is 170 Å². The number of nitrogens with two attached hydrogens (primary N) is 1. The number of hydrogen-bond acceptors (Lipinski definition) is 7. The van der Waals surface area contributed by atoms with Gasteiger partial charge in [0.1, 0.15) is 17.3 Å². The van der Waals surface area contributed by atoms with Crippen molar-refractivity contribution in [2.45, 2.75) is 7.43 Å². The fourth-order valence-electron chi connectivity index (χ4n) is 13.3. The maximum Gasteiger partial charge on any atom is 0.149 e. The molecule has 124 heavy (non-hydrogen) atoms. The van der Waals surface area contributed by atoms with Crippen molar-refractivity contribution >= 4 is 162 Å². The summed E-state index contributed by atoms with van der Waals surface area (Å²) < 4.78 is 27.4. The minimum atomic E-state index is -0.713. The Bertz CT molecular complexity index is 6030. The largest absolute Gasteiger partial charge is 0.394 e. The Labute approximate surface area is 767 Å². The molecule has 0 heterocycles. The Balaban J connectivity index is 0.000000160. The molecule has 0 amide bonds. The second kappa shape index (κ2) is 47.3. The summed E-state index contributed by atoms with van der Waals surface area (Å²) >= 11 is 29.0. The number of para-hydroxylation sites is 9. The van der Waals surface area contributed by atoms with Crippen LogP contribution in [0.15, 0.2) is 487 Å². The number of nitrogen functional groups attached to an aromatic ring is 1. The molecule has 0 aliphatic rings. The molecule has 0 saturated heterocycles. The monoisotopic (exact) mass is 1880 g/mol. The van der Waals surface area contributed by atoms with E-state index in [-0.39, 0.29) is 13.6 Å². The number of halogens is 8. The molecule has 0 aliphatic carbocycles. The first-order valence-electron chi connectivity index (χ1n) is 39.2. The van der Waals surface area contributed by atoms with Gasteiger partial charge in [-0.25, -0.2) is 8.78 Å². The van der Waals surface area contributed by atoms with E-state index in [9.17, 15) is 8.78 Å². The Morgan fingerprint density at radius 2 is 0.516 bits per heavy atom. The first-order valence-corrected chi connectivity index (χ1v) is 42.7. The minimum absolute atomic E-state index is 0. The highest BCUT2D eigenvalue weighted by molar-refractivity contribution is 9.11. The zero-order valence-corrected chi connectivity index (χ0v) is 73.7. The van der Waals surface area contributed by atoms with Gasteiger partial charge < -0.3 is 37.2 Å². The average Bonchev–Trinajstić information content (AvgIpc) is 0.770. The van der Waals surface area contributed by atoms with Crippen molar-refractivity contribution in [2.24, 2.45) is 0 Å². The summed E-state index contributed by atoms with van der Waals surface area (Å²) in [5.41, 5.74) is 27.8. The van der Waals surface area contributed by atoms with Crippen LogP contribution in [0.4, 0.5) is 88.4 Å². The van der Waals surface area contributed by atoms with E-state index >= 15 is 0 Å². The molecule has 18 aromatic carbocycles. The predicted octanol–water partition coefficient (Wildman–Crippen LogP) is 35.6. The quantitative estimate of drug-likeness (QED) is 0.0675. The van der Waals surface area contributed by atoms with E-state index < -0.39 is 17.3 Å². The van der Waals surface area contributed by atoms with Crippen molar-refractivity contribution in [3.63, 3.8) is 0 Å². The van der Waals surface area contributed by atoms with Crippen molar-refractivity contribution in [2.75, 3.05) is 31.1 Å². The Morgan fingerprint density at radius 3 is 0.911 bits per heavy atom. The maximum atomic E-state index is 12.2.